The lowest BCUT2D eigenvalue weighted by Crippen LogP contribution is -2.00. The van der Waals surface area contributed by atoms with Gasteiger partial charge in [-0.25, -0.2) is 0 Å². The van der Waals surface area contributed by atoms with Crippen molar-refractivity contribution in [1.29, 1.82) is 0 Å². The Morgan fingerprint density at radius 2 is 1.58 bits per heavy atom. The van der Waals surface area contributed by atoms with Crippen LogP contribution in [0.1, 0.15) is 5.69 Å². The molecule has 24 heavy (non-hydrogen) atoms. The summed E-state index contributed by atoms with van der Waals surface area (Å²) in [7, 11) is 4.86. The molecule has 0 amide bonds. The Morgan fingerprint density at radius 3 is 2.33 bits per heavy atom. The Labute approximate surface area is 140 Å². The molecule has 124 valence electrons. The Balaban J connectivity index is 1.83. The number of fused-ring (bicyclic) bond motifs is 1. The van der Waals surface area contributed by atoms with E-state index in [4.69, 9.17) is 18.9 Å². The van der Waals surface area contributed by atoms with E-state index < -0.39 is 0 Å². The molecular weight excluding hydrogens is 306 g/mol. The van der Waals surface area contributed by atoms with Crippen molar-refractivity contribution in [1.82, 2.24) is 4.98 Å². The smallest absolute Gasteiger partial charge is 0.164 e. The largest absolute Gasteiger partial charge is 0.497 e. The van der Waals surface area contributed by atoms with Crippen molar-refractivity contribution < 1.29 is 18.9 Å². The maximum absolute atomic E-state index is 5.87. The molecule has 1 heterocycles. The predicted octanol–water partition coefficient (Wildman–Crippen LogP) is 3.84. The highest BCUT2D eigenvalue weighted by Gasteiger charge is 2.08. The van der Waals surface area contributed by atoms with Gasteiger partial charge >= 0.3 is 0 Å². The molecule has 5 nitrogen and oxygen atoms in total. The highest BCUT2D eigenvalue weighted by molar-refractivity contribution is 5.85. The van der Waals surface area contributed by atoms with E-state index in [0.717, 1.165) is 22.2 Å². The fraction of sp³-hybridized carbons (Fsp3) is 0.211. The van der Waals surface area contributed by atoms with Crippen LogP contribution in [0, 0.1) is 0 Å². The molecule has 2 aromatic carbocycles. The number of methoxy groups -OCH3 is 3. The van der Waals surface area contributed by atoms with Crippen LogP contribution in [0.2, 0.25) is 0 Å². The zero-order valence-corrected chi connectivity index (χ0v) is 13.9. The summed E-state index contributed by atoms with van der Waals surface area (Å²) in [6, 6.07) is 13.3. The third-order valence-corrected chi connectivity index (χ3v) is 3.78. The Kier molecular flexibility index (Phi) is 4.70. The molecule has 0 N–H and O–H groups in total. The first kappa shape index (κ1) is 15.9. The quantitative estimate of drug-likeness (QED) is 0.689. The zero-order valence-electron chi connectivity index (χ0n) is 13.9. The summed E-state index contributed by atoms with van der Waals surface area (Å²) in [6.07, 6.45) is 1.77. The molecule has 0 saturated heterocycles. The fourth-order valence-corrected chi connectivity index (χ4v) is 2.52. The van der Waals surface area contributed by atoms with Gasteiger partial charge in [0.1, 0.15) is 18.1 Å². The van der Waals surface area contributed by atoms with E-state index in [0.29, 0.717) is 23.9 Å². The van der Waals surface area contributed by atoms with Crippen molar-refractivity contribution in [2.24, 2.45) is 0 Å². The van der Waals surface area contributed by atoms with Crippen LogP contribution in [0.4, 0.5) is 0 Å². The summed E-state index contributed by atoms with van der Waals surface area (Å²) in [5, 5.41) is 2.11. The van der Waals surface area contributed by atoms with E-state index in [-0.39, 0.29) is 0 Å². The van der Waals surface area contributed by atoms with Gasteiger partial charge in [0.05, 0.1) is 27.0 Å². The first-order valence-electron chi connectivity index (χ1n) is 7.51. The van der Waals surface area contributed by atoms with E-state index in [1.807, 2.05) is 36.4 Å². The van der Waals surface area contributed by atoms with Gasteiger partial charge < -0.3 is 18.9 Å². The minimum Gasteiger partial charge on any atom is -0.497 e. The third kappa shape index (κ3) is 3.20. The molecule has 3 aromatic rings. The SMILES string of the molecule is COc1ccc2c(COc3ccc(OC)c(OC)c3)nccc2c1. The predicted molar refractivity (Wildman–Crippen MR) is 92.2 cm³/mol. The first-order chi connectivity index (χ1) is 11.7. The summed E-state index contributed by atoms with van der Waals surface area (Å²) >= 11 is 0. The minimum absolute atomic E-state index is 0.360. The monoisotopic (exact) mass is 325 g/mol. The third-order valence-electron chi connectivity index (χ3n) is 3.78. The van der Waals surface area contributed by atoms with Gasteiger partial charge in [-0.05, 0) is 41.8 Å². The molecule has 0 aliphatic rings. The Hall–Kier alpha value is -2.95. The summed E-state index contributed by atoms with van der Waals surface area (Å²) in [5.41, 5.74) is 0.866. The molecule has 1 aromatic heterocycles. The van der Waals surface area contributed by atoms with Gasteiger partial charge in [0.25, 0.3) is 0 Å². The van der Waals surface area contributed by atoms with E-state index >= 15 is 0 Å². The van der Waals surface area contributed by atoms with Crippen molar-refractivity contribution in [3.8, 4) is 23.0 Å². The van der Waals surface area contributed by atoms with Crippen LogP contribution < -0.4 is 18.9 Å². The fourth-order valence-electron chi connectivity index (χ4n) is 2.52. The lowest BCUT2D eigenvalue weighted by molar-refractivity contribution is 0.297. The van der Waals surface area contributed by atoms with Crippen molar-refractivity contribution in [2.75, 3.05) is 21.3 Å². The number of rotatable bonds is 6. The lowest BCUT2D eigenvalue weighted by Gasteiger charge is -2.12. The van der Waals surface area contributed by atoms with Crippen molar-refractivity contribution in [3.63, 3.8) is 0 Å². The van der Waals surface area contributed by atoms with Gasteiger partial charge in [0.2, 0.25) is 0 Å². The van der Waals surface area contributed by atoms with E-state index in [9.17, 15) is 0 Å². The molecule has 0 radical (unpaired) electrons. The summed E-state index contributed by atoms with van der Waals surface area (Å²) in [5.74, 6) is 2.81. The number of aromatic nitrogens is 1. The second-order valence-corrected chi connectivity index (χ2v) is 5.15. The van der Waals surface area contributed by atoms with Gasteiger partial charge in [0, 0.05) is 17.6 Å². The van der Waals surface area contributed by atoms with Crippen molar-refractivity contribution in [3.05, 3.63) is 54.4 Å². The molecule has 0 aliphatic heterocycles. The highest BCUT2D eigenvalue weighted by Crippen LogP contribution is 2.31. The molecule has 0 unspecified atom stereocenters. The summed E-state index contributed by atoms with van der Waals surface area (Å²) in [4.78, 5) is 4.43. The van der Waals surface area contributed by atoms with Gasteiger partial charge in [-0.15, -0.1) is 0 Å². The van der Waals surface area contributed by atoms with E-state index in [2.05, 4.69) is 4.98 Å². The molecule has 0 atom stereocenters. The molecule has 0 aliphatic carbocycles. The molecule has 0 bridgehead atoms. The molecule has 3 rings (SSSR count). The second-order valence-electron chi connectivity index (χ2n) is 5.15. The topological polar surface area (TPSA) is 49.8 Å². The highest BCUT2D eigenvalue weighted by atomic mass is 16.5. The number of hydrogen-bond acceptors (Lipinski definition) is 5. The van der Waals surface area contributed by atoms with Crippen LogP contribution in [0.15, 0.2) is 48.7 Å². The molecule has 0 fully saturated rings. The normalized spacial score (nSPS) is 10.5. The van der Waals surface area contributed by atoms with Crippen molar-refractivity contribution >= 4 is 10.8 Å². The van der Waals surface area contributed by atoms with E-state index in [1.54, 1.807) is 33.6 Å². The van der Waals surface area contributed by atoms with Gasteiger partial charge in [-0.1, -0.05) is 0 Å². The number of ether oxygens (including phenoxy) is 4. The van der Waals surface area contributed by atoms with Gasteiger partial charge in [-0.3, -0.25) is 4.98 Å². The van der Waals surface area contributed by atoms with Crippen LogP contribution in [-0.2, 0) is 6.61 Å². The average Bonchev–Trinajstić information content (AvgIpc) is 2.65. The number of hydrogen-bond donors (Lipinski definition) is 0. The zero-order chi connectivity index (χ0) is 16.9. The maximum atomic E-state index is 5.87. The summed E-state index contributed by atoms with van der Waals surface area (Å²) < 4.78 is 21.6. The lowest BCUT2D eigenvalue weighted by atomic mass is 10.1. The molecular formula is C19H19NO4. The van der Waals surface area contributed by atoms with Crippen LogP contribution in [0.5, 0.6) is 23.0 Å². The minimum atomic E-state index is 0.360. The molecule has 0 saturated carbocycles. The Morgan fingerprint density at radius 1 is 0.792 bits per heavy atom. The van der Waals surface area contributed by atoms with Crippen LogP contribution in [0.3, 0.4) is 0 Å². The second kappa shape index (κ2) is 7.08. The van der Waals surface area contributed by atoms with E-state index in [1.165, 1.54) is 0 Å². The van der Waals surface area contributed by atoms with Crippen molar-refractivity contribution in [2.45, 2.75) is 6.61 Å². The number of benzene rings is 2. The average molecular weight is 325 g/mol. The van der Waals surface area contributed by atoms with Gasteiger partial charge in [-0.2, -0.15) is 0 Å². The standard InChI is InChI=1S/C19H19NO4/c1-21-14-4-6-16-13(10-14)8-9-20-17(16)12-24-15-5-7-18(22-2)19(11-15)23-3/h4-11H,12H2,1-3H3. The summed E-state index contributed by atoms with van der Waals surface area (Å²) in [6.45, 7) is 0.360. The van der Waals surface area contributed by atoms with Crippen LogP contribution in [-0.4, -0.2) is 26.3 Å². The molecule has 5 heteroatoms. The number of pyridine rings is 1. The van der Waals surface area contributed by atoms with Crippen LogP contribution in [0.25, 0.3) is 10.8 Å². The Bertz CT molecular complexity index is 848. The molecule has 0 spiro atoms. The van der Waals surface area contributed by atoms with Crippen LogP contribution >= 0.6 is 0 Å². The number of nitrogens with zero attached hydrogens (tertiary/aromatic N) is 1. The maximum Gasteiger partial charge on any atom is 0.164 e. The van der Waals surface area contributed by atoms with Gasteiger partial charge in [0.15, 0.2) is 11.5 Å². The first-order valence-corrected chi connectivity index (χ1v) is 7.51.